The molecule has 69 heavy (non-hydrogen) atoms. The second-order valence-electron chi connectivity index (χ2n) is 17.3. The number of aliphatic carboxylic acids is 6. The lowest BCUT2D eigenvalue weighted by molar-refractivity contribution is -0.144. The largest absolute Gasteiger partial charge is 0.481 e. The Morgan fingerprint density at radius 3 is 0.725 bits per heavy atom. The predicted octanol–water partition coefficient (Wildman–Crippen LogP) is 3.19. The molecule has 0 rings (SSSR count). The van der Waals surface area contributed by atoms with Crippen LogP contribution in [0.5, 0.6) is 0 Å². The number of hydrogen-bond acceptors (Lipinski definition) is 12. The van der Waals surface area contributed by atoms with E-state index in [0.29, 0.717) is 25.8 Å². The zero-order chi connectivity index (χ0) is 52.0. The van der Waals surface area contributed by atoms with Crippen molar-refractivity contribution in [1.29, 1.82) is 0 Å². The Hall–Kier alpha value is -5.87. The minimum atomic E-state index is -1.67. The maximum Gasteiger partial charge on any atom is 0.326 e. The lowest BCUT2D eigenvalue weighted by Gasteiger charge is -2.19. The molecule has 0 aliphatic heterocycles. The molecule has 0 heterocycles. The number of nitrogens with one attached hydrogen (secondary N) is 5. The molecule has 0 aromatic rings. The van der Waals surface area contributed by atoms with E-state index in [1.54, 1.807) is 0 Å². The highest BCUT2D eigenvalue weighted by atomic mass is 16.4. The van der Waals surface area contributed by atoms with Gasteiger partial charge in [0.2, 0.25) is 29.5 Å². The molecule has 0 aromatic heterocycles. The molecular weight excluding hydrogens is 909 g/mol. The van der Waals surface area contributed by atoms with E-state index in [4.69, 9.17) is 10.8 Å². The molecule has 0 saturated heterocycles. The van der Waals surface area contributed by atoms with Crippen molar-refractivity contribution in [2.75, 3.05) is 6.54 Å². The van der Waals surface area contributed by atoms with Crippen molar-refractivity contribution in [2.45, 2.75) is 216 Å². The summed E-state index contributed by atoms with van der Waals surface area (Å²) in [7, 11) is 0. The Bertz CT molecular complexity index is 1630. The van der Waals surface area contributed by atoms with E-state index < -0.39 is 141 Å². The summed E-state index contributed by atoms with van der Waals surface area (Å²) in [5.74, 6) is -12.1. The fourth-order valence-electron chi connectivity index (χ4n) is 7.25. The lowest BCUT2D eigenvalue weighted by atomic mass is 10.0. The van der Waals surface area contributed by atoms with Crippen LogP contribution < -0.4 is 32.3 Å². The Balaban J connectivity index is 4.58. The third kappa shape index (κ3) is 35.0. The van der Waals surface area contributed by atoms with Crippen LogP contribution in [0.4, 0.5) is 0 Å². The fraction of sp³-hybridized carbons (Fsp3) is 0.761. The van der Waals surface area contributed by atoms with Crippen molar-refractivity contribution in [3.63, 3.8) is 0 Å². The summed E-state index contributed by atoms with van der Waals surface area (Å²) in [5.41, 5.74) is 5.40. The first-order valence-electron chi connectivity index (χ1n) is 24.3. The third-order valence-corrected chi connectivity index (χ3v) is 11.3. The number of carbonyl (C=O) groups excluding carboxylic acids is 5. The van der Waals surface area contributed by atoms with Gasteiger partial charge in [0.15, 0.2) is 0 Å². The molecule has 0 spiro atoms. The summed E-state index contributed by atoms with van der Waals surface area (Å²) >= 11 is 0. The lowest BCUT2D eigenvalue weighted by Crippen LogP contribution is -2.46. The first kappa shape index (κ1) is 63.1. The highest BCUT2D eigenvalue weighted by Crippen LogP contribution is 2.15. The summed E-state index contributed by atoms with van der Waals surface area (Å²) in [6.07, 6.45) is 14.2. The number of carboxylic acids is 6. The van der Waals surface area contributed by atoms with E-state index in [0.717, 1.165) is 57.8 Å². The van der Waals surface area contributed by atoms with Crippen molar-refractivity contribution in [1.82, 2.24) is 26.6 Å². The molecule has 0 fully saturated rings. The average Bonchev–Trinajstić information content (AvgIpc) is 3.27. The van der Waals surface area contributed by atoms with Crippen LogP contribution in [0, 0.1) is 0 Å². The quantitative estimate of drug-likeness (QED) is 0.0390. The summed E-state index contributed by atoms with van der Waals surface area (Å²) in [6.45, 7) is 0.328. The van der Waals surface area contributed by atoms with Gasteiger partial charge >= 0.3 is 35.8 Å². The van der Waals surface area contributed by atoms with Crippen molar-refractivity contribution in [2.24, 2.45) is 5.73 Å². The molecule has 0 unspecified atom stereocenters. The van der Waals surface area contributed by atoms with Gasteiger partial charge in [0.25, 0.3) is 0 Å². The average molecular weight is 987 g/mol. The molecule has 23 nitrogen and oxygen atoms in total. The second-order valence-corrected chi connectivity index (χ2v) is 17.3. The van der Waals surface area contributed by atoms with E-state index in [-0.39, 0.29) is 25.7 Å². The Morgan fingerprint density at radius 1 is 0.275 bits per heavy atom. The molecule has 394 valence electrons. The zero-order valence-corrected chi connectivity index (χ0v) is 39.9. The topological polar surface area (TPSA) is 395 Å². The normalized spacial score (nSPS) is 13.1. The Kier molecular flexibility index (Phi) is 35.7. The van der Waals surface area contributed by atoms with Crippen molar-refractivity contribution < 1.29 is 83.4 Å². The fourth-order valence-corrected chi connectivity index (χ4v) is 7.25. The van der Waals surface area contributed by atoms with Crippen LogP contribution in [0.3, 0.4) is 0 Å². The van der Waals surface area contributed by atoms with Gasteiger partial charge < -0.3 is 63.0 Å². The molecule has 0 aromatic carbocycles. The van der Waals surface area contributed by atoms with Crippen LogP contribution in [0.25, 0.3) is 0 Å². The summed E-state index contributed by atoms with van der Waals surface area (Å²) in [6, 6.07) is -7.53. The molecular formula is C46H78N6O17. The number of amides is 5. The monoisotopic (exact) mass is 987 g/mol. The van der Waals surface area contributed by atoms with Crippen molar-refractivity contribution in [3.8, 4) is 0 Å². The number of rotatable bonds is 45. The van der Waals surface area contributed by atoms with Gasteiger partial charge in [-0.2, -0.15) is 0 Å². The van der Waals surface area contributed by atoms with E-state index >= 15 is 0 Å². The first-order valence-corrected chi connectivity index (χ1v) is 24.3. The van der Waals surface area contributed by atoms with Gasteiger partial charge in [0.1, 0.15) is 30.2 Å². The Labute approximate surface area is 403 Å². The van der Waals surface area contributed by atoms with Gasteiger partial charge in [-0.05, 0) is 64.3 Å². The highest BCUT2D eigenvalue weighted by Gasteiger charge is 2.28. The van der Waals surface area contributed by atoms with Crippen LogP contribution in [-0.2, 0) is 52.7 Å². The smallest absolute Gasteiger partial charge is 0.326 e. The molecule has 0 saturated carbocycles. The molecule has 23 heteroatoms. The molecule has 0 radical (unpaired) electrons. The summed E-state index contributed by atoms with van der Waals surface area (Å²) < 4.78 is 0. The number of carboxylic acid groups (broad SMARTS) is 6. The predicted molar refractivity (Wildman–Crippen MR) is 248 cm³/mol. The standard InChI is InChI=1S/C46H78N6O17/c47-30-18-17-19-31(42(60)61)48-37(54)26-23-33(44(64)65)50-39(56)28-25-35(46(68)69)52-40(57)29-24-34(45(66)67)51-38(55)27-22-32(43(62)63)49-36(53)20-15-13-11-9-7-5-3-1-2-4-6-8-10-12-14-16-21-41(58)59/h31-35H,1-30,47H2,(H,48,54)(H,49,53)(H,50,56)(H,51,55)(H,52,57)(H,58,59)(H,60,61)(H,62,63)(H,64,65)(H,66,67)(H,68,69)/t31-,32-,33-,34-,35-/m0/s1. The number of unbranched alkanes of at least 4 members (excludes halogenated alkanes) is 16. The van der Waals surface area contributed by atoms with Crippen LogP contribution >= 0.6 is 0 Å². The van der Waals surface area contributed by atoms with Gasteiger partial charge in [-0.15, -0.1) is 0 Å². The maximum atomic E-state index is 12.6. The minimum absolute atomic E-state index is 0.0972. The summed E-state index contributed by atoms with van der Waals surface area (Å²) in [5, 5.41) is 67.5. The van der Waals surface area contributed by atoms with E-state index in [1.165, 1.54) is 38.5 Å². The van der Waals surface area contributed by atoms with Gasteiger partial charge in [-0.25, -0.2) is 24.0 Å². The number of hydrogen-bond donors (Lipinski definition) is 12. The van der Waals surface area contributed by atoms with E-state index in [2.05, 4.69) is 26.6 Å². The van der Waals surface area contributed by atoms with Crippen molar-refractivity contribution >= 4 is 65.4 Å². The van der Waals surface area contributed by atoms with Gasteiger partial charge in [-0.1, -0.05) is 89.9 Å². The zero-order valence-electron chi connectivity index (χ0n) is 39.9. The molecule has 0 aliphatic rings. The van der Waals surface area contributed by atoms with Crippen LogP contribution in [-0.4, -0.2) is 133 Å². The van der Waals surface area contributed by atoms with Crippen LogP contribution in [0.2, 0.25) is 0 Å². The molecule has 0 aliphatic carbocycles. The minimum Gasteiger partial charge on any atom is -0.481 e. The van der Waals surface area contributed by atoms with Crippen molar-refractivity contribution in [3.05, 3.63) is 0 Å². The van der Waals surface area contributed by atoms with E-state index in [9.17, 15) is 78.3 Å². The number of nitrogens with two attached hydrogens (primary N) is 1. The third-order valence-electron chi connectivity index (χ3n) is 11.3. The van der Waals surface area contributed by atoms with Crippen LogP contribution in [0.15, 0.2) is 0 Å². The Morgan fingerprint density at radius 2 is 0.493 bits per heavy atom. The van der Waals surface area contributed by atoms with E-state index in [1.807, 2.05) is 0 Å². The highest BCUT2D eigenvalue weighted by molar-refractivity contribution is 5.89. The molecule has 0 bridgehead atoms. The molecule has 5 amide bonds. The second kappa shape index (κ2) is 39.0. The maximum absolute atomic E-state index is 12.6. The molecule has 5 atom stereocenters. The first-order chi connectivity index (χ1) is 32.8. The van der Waals surface area contributed by atoms with Gasteiger partial charge in [0, 0.05) is 38.5 Å². The number of carbonyl (C=O) groups is 11. The van der Waals surface area contributed by atoms with Gasteiger partial charge in [0.05, 0.1) is 0 Å². The SMILES string of the molecule is NCCCC[C@H](NC(=O)CC[C@H](NC(=O)CC[C@H](NC(=O)CC[C@H](NC(=O)CC[C@H](NC(=O)CCCCCCCCCCCCCCCCCCC(=O)O)C(=O)O)C(=O)O)C(=O)O)C(=O)O)C(=O)O. The molecule has 13 N–H and O–H groups in total. The van der Waals surface area contributed by atoms with Crippen LogP contribution in [0.1, 0.15) is 186 Å². The summed E-state index contributed by atoms with van der Waals surface area (Å²) in [4.78, 5) is 132. The van der Waals surface area contributed by atoms with Gasteiger partial charge in [-0.3, -0.25) is 28.8 Å².